The Morgan fingerprint density at radius 3 is 2.38 bits per heavy atom. The van der Waals surface area contributed by atoms with Gasteiger partial charge in [0, 0.05) is 20.9 Å². The SMILES string of the molecule is Cc1cc2c(s1)C(=C(C#N)CC#N)c1cc(F)c(F)cc1-2. The molecule has 1 aliphatic rings. The van der Waals surface area contributed by atoms with Crippen LogP contribution < -0.4 is 0 Å². The van der Waals surface area contributed by atoms with Gasteiger partial charge in [-0.3, -0.25) is 0 Å². The summed E-state index contributed by atoms with van der Waals surface area (Å²) >= 11 is 1.46. The van der Waals surface area contributed by atoms with E-state index in [-0.39, 0.29) is 12.0 Å². The Balaban J connectivity index is 2.41. The number of aryl methyl sites for hydroxylation is 1. The van der Waals surface area contributed by atoms with Crippen molar-refractivity contribution in [3.05, 3.63) is 50.7 Å². The van der Waals surface area contributed by atoms with Crippen molar-refractivity contribution < 1.29 is 8.78 Å². The Hall–Kier alpha value is -2.50. The number of benzene rings is 1. The summed E-state index contributed by atoms with van der Waals surface area (Å²) in [5.74, 6) is -1.86. The first kappa shape index (κ1) is 13.5. The molecule has 0 N–H and O–H groups in total. The molecule has 2 nitrogen and oxygen atoms in total. The van der Waals surface area contributed by atoms with Gasteiger partial charge in [-0.15, -0.1) is 11.3 Å². The molecule has 0 radical (unpaired) electrons. The molecule has 102 valence electrons. The lowest BCUT2D eigenvalue weighted by Crippen LogP contribution is -1.91. The zero-order valence-electron chi connectivity index (χ0n) is 11.0. The number of fused-ring (bicyclic) bond motifs is 3. The molecule has 0 aliphatic heterocycles. The van der Waals surface area contributed by atoms with Crippen LogP contribution in [0.25, 0.3) is 16.7 Å². The average molecular weight is 298 g/mol. The maximum atomic E-state index is 13.6. The van der Waals surface area contributed by atoms with E-state index < -0.39 is 11.6 Å². The van der Waals surface area contributed by atoms with Crippen molar-refractivity contribution in [3.8, 4) is 23.3 Å². The highest BCUT2D eigenvalue weighted by molar-refractivity contribution is 7.13. The average Bonchev–Trinajstić information content (AvgIpc) is 2.93. The third-order valence-electron chi connectivity index (χ3n) is 3.39. The van der Waals surface area contributed by atoms with Gasteiger partial charge < -0.3 is 0 Å². The van der Waals surface area contributed by atoms with Gasteiger partial charge in [0.25, 0.3) is 0 Å². The molecule has 0 atom stereocenters. The summed E-state index contributed by atoms with van der Waals surface area (Å²) in [5, 5.41) is 18.1. The smallest absolute Gasteiger partial charge is 0.159 e. The lowest BCUT2D eigenvalue weighted by Gasteiger charge is -2.05. The van der Waals surface area contributed by atoms with Crippen molar-refractivity contribution in [2.24, 2.45) is 0 Å². The molecule has 0 unspecified atom stereocenters. The number of nitrogens with zero attached hydrogens (tertiary/aromatic N) is 2. The summed E-state index contributed by atoms with van der Waals surface area (Å²) in [5.41, 5.74) is 2.70. The van der Waals surface area contributed by atoms with Crippen LogP contribution in [0.3, 0.4) is 0 Å². The molecule has 0 fully saturated rings. The monoisotopic (exact) mass is 298 g/mol. The van der Waals surface area contributed by atoms with Gasteiger partial charge in [-0.1, -0.05) is 0 Å². The first-order valence-corrected chi connectivity index (χ1v) is 6.99. The normalized spacial score (nSPS) is 14.1. The van der Waals surface area contributed by atoms with Crippen LogP contribution in [0.4, 0.5) is 8.78 Å². The Morgan fingerprint density at radius 2 is 1.76 bits per heavy atom. The van der Waals surface area contributed by atoms with E-state index in [0.29, 0.717) is 16.7 Å². The van der Waals surface area contributed by atoms with Gasteiger partial charge in [0.05, 0.1) is 24.1 Å². The van der Waals surface area contributed by atoms with Gasteiger partial charge in [-0.2, -0.15) is 10.5 Å². The molecule has 0 saturated heterocycles. The van der Waals surface area contributed by atoms with E-state index in [1.807, 2.05) is 25.1 Å². The van der Waals surface area contributed by atoms with E-state index >= 15 is 0 Å². The summed E-state index contributed by atoms with van der Waals surface area (Å²) < 4.78 is 27.1. The highest BCUT2D eigenvalue weighted by atomic mass is 32.1. The van der Waals surface area contributed by atoms with Crippen molar-refractivity contribution in [1.29, 1.82) is 10.5 Å². The van der Waals surface area contributed by atoms with Crippen LogP contribution >= 0.6 is 11.3 Å². The number of thiophene rings is 1. The maximum absolute atomic E-state index is 13.6. The largest absolute Gasteiger partial charge is 0.204 e. The first-order chi connectivity index (χ1) is 10.1. The van der Waals surface area contributed by atoms with Crippen molar-refractivity contribution in [2.75, 3.05) is 0 Å². The van der Waals surface area contributed by atoms with Crippen LogP contribution in [-0.2, 0) is 0 Å². The molecule has 0 bridgehead atoms. The molecule has 1 heterocycles. The lowest BCUT2D eigenvalue weighted by molar-refractivity contribution is 0.509. The lowest BCUT2D eigenvalue weighted by atomic mass is 10.00. The van der Waals surface area contributed by atoms with E-state index in [1.165, 1.54) is 11.3 Å². The van der Waals surface area contributed by atoms with E-state index in [1.54, 1.807) is 0 Å². The molecule has 0 saturated carbocycles. The van der Waals surface area contributed by atoms with Crippen molar-refractivity contribution in [2.45, 2.75) is 13.3 Å². The molecule has 21 heavy (non-hydrogen) atoms. The van der Waals surface area contributed by atoms with Crippen LogP contribution in [0.2, 0.25) is 0 Å². The van der Waals surface area contributed by atoms with Crippen LogP contribution in [-0.4, -0.2) is 0 Å². The molecule has 1 aliphatic carbocycles. The minimum absolute atomic E-state index is 0.0549. The Morgan fingerprint density at radius 1 is 1.10 bits per heavy atom. The van der Waals surface area contributed by atoms with Crippen LogP contribution in [0.5, 0.6) is 0 Å². The zero-order chi connectivity index (χ0) is 15.1. The van der Waals surface area contributed by atoms with E-state index in [4.69, 9.17) is 5.26 Å². The van der Waals surface area contributed by atoms with Gasteiger partial charge in [0.2, 0.25) is 0 Å². The Bertz CT molecular complexity index is 879. The molecule has 1 aromatic carbocycles. The summed E-state index contributed by atoms with van der Waals surface area (Å²) in [4.78, 5) is 1.82. The molecular weight excluding hydrogens is 290 g/mol. The van der Waals surface area contributed by atoms with Crippen LogP contribution in [0.15, 0.2) is 23.8 Å². The topological polar surface area (TPSA) is 47.6 Å². The zero-order valence-corrected chi connectivity index (χ0v) is 11.8. The highest BCUT2D eigenvalue weighted by Crippen LogP contribution is 2.50. The second-order valence-electron chi connectivity index (χ2n) is 4.71. The van der Waals surface area contributed by atoms with E-state index in [9.17, 15) is 14.0 Å². The molecule has 0 amide bonds. The number of nitriles is 2. The summed E-state index contributed by atoms with van der Waals surface area (Å²) in [6, 6.07) is 8.12. The first-order valence-electron chi connectivity index (χ1n) is 6.17. The number of hydrogen-bond donors (Lipinski definition) is 0. The van der Waals surface area contributed by atoms with Crippen molar-refractivity contribution in [3.63, 3.8) is 0 Å². The fourth-order valence-corrected chi connectivity index (χ4v) is 3.67. The molecular formula is C16H8F2N2S. The second-order valence-corrected chi connectivity index (χ2v) is 5.97. The Labute approximate surface area is 124 Å². The third kappa shape index (κ3) is 1.94. The standard InChI is InChI=1S/C16H8F2N2S/c1-8-4-12-10-5-13(17)14(18)6-11(10)15(16(12)21-8)9(7-20)2-3-19/h4-6H,2H2,1H3. The summed E-state index contributed by atoms with van der Waals surface area (Å²) in [7, 11) is 0. The predicted octanol–water partition coefficient (Wildman–Crippen LogP) is 4.55. The van der Waals surface area contributed by atoms with Crippen LogP contribution in [0.1, 0.15) is 21.7 Å². The van der Waals surface area contributed by atoms with Gasteiger partial charge in [0.15, 0.2) is 11.6 Å². The molecule has 3 rings (SSSR count). The maximum Gasteiger partial charge on any atom is 0.159 e. The summed E-state index contributed by atoms with van der Waals surface area (Å²) in [6.45, 7) is 1.91. The highest BCUT2D eigenvalue weighted by Gasteiger charge is 2.30. The molecule has 2 aromatic rings. The Kier molecular flexibility index (Phi) is 3.08. The quantitative estimate of drug-likeness (QED) is 0.618. The third-order valence-corrected chi connectivity index (χ3v) is 4.46. The fraction of sp³-hybridized carbons (Fsp3) is 0.125. The number of rotatable bonds is 1. The number of halogens is 2. The molecule has 0 spiro atoms. The fourth-order valence-electron chi connectivity index (χ4n) is 2.56. The van der Waals surface area contributed by atoms with Gasteiger partial charge in [-0.25, -0.2) is 8.78 Å². The second kappa shape index (κ2) is 4.80. The van der Waals surface area contributed by atoms with Crippen molar-refractivity contribution >= 4 is 16.9 Å². The van der Waals surface area contributed by atoms with Crippen LogP contribution in [0, 0.1) is 41.2 Å². The van der Waals surface area contributed by atoms with Crippen molar-refractivity contribution in [1.82, 2.24) is 0 Å². The van der Waals surface area contributed by atoms with Gasteiger partial charge in [-0.05, 0) is 36.2 Å². The number of allylic oxidation sites excluding steroid dienone is 1. The minimum Gasteiger partial charge on any atom is -0.204 e. The minimum atomic E-state index is -0.952. The van der Waals surface area contributed by atoms with E-state index in [2.05, 4.69) is 0 Å². The van der Waals surface area contributed by atoms with E-state index in [0.717, 1.165) is 27.5 Å². The predicted molar refractivity (Wildman–Crippen MR) is 76.3 cm³/mol. The van der Waals surface area contributed by atoms with Gasteiger partial charge in [0.1, 0.15) is 0 Å². The molecule has 1 aromatic heterocycles. The molecule has 5 heteroatoms. The van der Waals surface area contributed by atoms with Gasteiger partial charge >= 0.3 is 0 Å². The summed E-state index contributed by atoms with van der Waals surface area (Å²) in [6.07, 6.45) is -0.0549. The number of hydrogen-bond acceptors (Lipinski definition) is 3.